The number of rotatable bonds is 3. The minimum Gasteiger partial charge on any atom is -0.343 e. The van der Waals surface area contributed by atoms with E-state index in [4.69, 9.17) is 5.26 Å². The highest BCUT2D eigenvalue weighted by Crippen LogP contribution is 2.10. The second-order valence-corrected chi connectivity index (χ2v) is 3.81. The molecule has 1 aromatic heterocycles. The van der Waals surface area contributed by atoms with E-state index in [9.17, 15) is 4.79 Å². The Hall–Kier alpha value is -2.29. The van der Waals surface area contributed by atoms with Gasteiger partial charge in [-0.3, -0.25) is 9.48 Å². The number of hydrogen-bond donors (Lipinski definition) is 1. The average molecular weight is 233 g/mol. The van der Waals surface area contributed by atoms with Crippen molar-refractivity contribution in [2.24, 2.45) is 7.05 Å². The summed E-state index contributed by atoms with van der Waals surface area (Å²) in [5.74, 6) is 0.275. The topological polar surface area (TPSA) is 74.0 Å². The van der Waals surface area contributed by atoms with Crippen LogP contribution in [0.15, 0.2) is 17.8 Å². The van der Waals surface area contributed by atoms with Gasteiger partial charge in [0.05, 0.1) is 6.07 Å². The molecular weight excluding hydrogens is 218 g/mol. The monoisotopic (exact) mass is 233 g/mol. The van der Waals surface area contributed by atoms with Crippen molar-refractivity contribution in [2.45, 2.75) is 6.92 Å². The highest BCUT2D eigenvalue weighted by molar-refractivity contribution is 5.96. The summed E-state index contributed by atoms with van der Waals surface area (Å²) >= 11 is 0. The fourth-order valence-corrected chi connectivity index (χ4v) is 1.22. The normalized spacial score (nSPS) is 10.9. The summed E-state index contributed by atoms with van der Waals surface area (Å²) in [6.45, 7) is 1.90. The molecule has 0 aliphatic carbocycles. The van der Waals surface area contributed by atoms with Gasteiger partial charge in [-0.25, -0.2) is 0 Å². The number of nitrogens with one attached hydrogen (secondary N) is 1. The van der Waals surface area contributed by atoms with E-state index < -0.39 is 0 Å². The molecule has 0 unspecified atom stereocenters. The van der Waals surface area contributed by atoms with E-state index in [-0.39, 0.29) is 11.6 Å². The van der Waals surface area contributed by atoms with Crippen LogP contribution in [0.2, 0.25) is 0 Å². The fourth-order valence-electron chi connectivity index (χ4n) is 1.22. The summed E-state index contributed by atoms with van der Waals surface area (Å²) in [6.07, 6.45) is 1.17. The molecule has 1 aromatic rings. The highest BCUT2D eigenvalue weighted by atomic mass is 16.2. The third-order valence-electron chi connectivity index (χ3n) is 2.22. The van der Waals surface area contributed by atoms with Crippen molar-refractivity contribution in [3.8, 4) is 6.07 Å². The second-order valence-electron chi connectivity index (χ2n) is 3.81. The lowest BCUT2D eigenvalue weighted by molar-refractivity contribution is -0.124. The van der Waals surface area contributed by atoms with E-state index in [0.29, 0.717) is 5.82 Å². The van der Waals surface area contributed by atoms with Crippen LogP contribution in [-0.2, 0) is 11.8 Å². The van der Waals surface area contributed by atoms with Crippen molar-refractivity contribution < 1.29 is 4.79 Å². The Morgan fingerprint density at radius 3 is 2.71 bits per heavy atom. The first-order valence-corrected chi connectivity index (χ1v) is 5.04. The van der Waals surface area contributed by atoms with Gasteiger partial charge in [0.2, 0.25) is 0 Å². The zero-order valence-corrected chi connectivity index (χ0v) is 10.4. The molecule has 1 heterocycles. The lowest BCUT2D eigenvalue weighted by Crippen LogP contribution is -2.27. The van der Waals surface area contributed by atoms with Gasteiger partial charge >= 0.3 is 0 Å². The maximum absolute atomic E-state index is 11.7. The van der Waals surface area contributed by atoms with Crippen LogP contribution in [-0.4, -0.2) is 34.7 Å². The van der Waals surface area contributed by atoms with E-state index in [2.05, 4.69) is 10.4 Å². The van der Waals surface area contributed by atoms with E-state index in [0.717, 1.165) is 5.69 Å². The molecule has 0 bridgehead atoms. The van der Waals surface area contributed by atoms with Crippen LogP contribution < -0.4 is 5.32 Å². The standard InChI is InChI=1S/C11H15N5O/c1-8-7-10(14-16(8)4)13-9(5-6-12)11(17)15(2)3/h5,7H,1-4H3,(H,13,14)/b9-5+. The number of anilines is 1. The number of carbonyl (C=O) groups excluding carboxylic acids is 1. The molecule has 0 aromatic carbocycles. The molecule has 1 amide bonds. The first-order chi connectivity index (χ1) is 7.95. The zero-order chi connectivity index (χ0) is 13.0. The number of hydrogen-bond acceptors (Lipinski definition) is 4. The van der Waals surface area contributed by atoms with Crippen molar-refractivity contribution in [2.75, 3.05) is 19.4 Å². The van der Waals surface area contributed by atoms with Gasteiger partial charge < -0.3 is 10.2 Å². The smallest absolute Gasteiger partial charge is 0.270 e. The van der Waals surface area contributed by atoms with Crippen molar-refractivity contribution in [1.29, 1.82) is 5.26 Å². The maximum atomic E-state index is 11.7. The number of allylic oxidation sites excluding steroid dienone is 1. The van der Waals surface area contributed by atoms with Gasteiger partial charge in [0.1, 0.15) is 5.70 Å². The Morgan fingerprint density at radius 2 is 2.29 bits per heavy atom. The Balaban J connectivity index is 2.93. The predicted octanol–water partition coefficient (Wildman–Crippen LogP) is 0.636. The van der Waals surface area contributed by atoms with Gasteiger partial charge in [-0.1, -0.05) is 0 Å². The van der Waals surface area contributed by atoms with E-state index in [1.54, 1.807) is 24.8 Å². The number of nitriles is 1. The molecule has 1 N–H and O–H groups in total. The minimum absolute atomic E-state index is 0.204. The number of aryl methyl sites for hydroxylation is 2. The average Bonchev–Trinajstić information content (AvgIpc) is 2.56. The highest BCUT2D eigenvalue weighted by Gasteiger charge is 2.13. The number of nitrogens with zero attached hydrogens (tertiary/aromatic N) is 4. The summed E-state index contributed by atoms with van der Waals surface area (Å²) in [5, 5.41) is 15.6. The van der Waals surface area contributed by atoms with Gasteiger partial charge in [-0.05, 0) is 6.92 Å². The van der Waals surface area contributed by atoms with Crippen LogP contribution in [0.5, 0.6) is 0 Å². The molecule has 0 fully saturated rings. The van der Waals surface area contributed by atoms with Gasteiger partial charge in [0.15, 0.2) is 5.82 Å². The molecule has 0 saturated carbocycles. The molecule has 1 rings (SSSR count). The van der Waals surface area contributed by atoms with Crippen LogP contribution >= 0.6 is 0 Å². The third kappa shape index (κ3) is 3.08. The Bertz CT molecular complexity index is 473. The van der Waals surface area contributed by atoms with Crippen LogP contribution in [0, 0.1) is 18.3 Å². The SMILES string of the molecule is Cc1cc(N/C(=C/C#N)C(=O)N(C)C)nn1C. The molecule has 17 heavy (non-hydrogen) atoms. The second kappa shape index (κ2) is 5.16. The summed E-state index contributed by atoms with van der Waals surface area (Å²) in [4.78, 5) is 13.1. The predicted molar refractivity (Wildman–Crippen MR) is 64.0 cm³/mol. The number of aromatic nitrogens is 2. The molecule has 0 saturated heterocycles. The molecule has 6 heteroatoms. The molecule has 6 nitrogen and oxygen atoms in total. The van der Waals surface area contributed by atoms with Crippen LogP contribution in [0.4, 0.5) is 5.82 Å². The van der Waals surface area contributed by atoms with E-state index >= 15 is 0 Å². The number of amides is 1. The van der Waals surface area contributed by atoms with Crippen molar-refractivity contribution in [3.05, 3.63) is 23.5 Å². The van der Waals surface area contributed by atoms with Gasteiger partial charge in [-0.2, -0.15) is 10.4 Å². The van der Waals surface area contributed by atoms with Gasteiger partial charge in [-0.15, -0.1) is 0 Å². The fraction of sp³-hybridized carbons (Fsp3) is 0.364. The lowest BCUT2D eigenvalue weighted by atomic mass is 10.3. The molecule has 0 aliphatic heterocycles. The quantitative estimate of drug-likeness (QED) is 0.614. The Labute approximate surface area is 100 Å². The zero-order valence-electron chi connectivity index (χ0n) is 10.4. The largest absolute Gasteiger partial charge is 0.343 e. The third-order valence-corrected chi connectivity index (χ3v) is 2.22. The van der Waals surface area contributed by atoms with E-state index in [1.165, 1.54) is 11.0 Å². The molecule has 0 atom stereocenters. The summed E-state index contributed by atoms with van der Waals surface area (Å²) in [6, 6.07) is 3.64. The summed E-state index contributed by atoms with van der Waals surface area (Å²) in [5.41, 5.74) is 1.16. The number of carbonyl (C=O) groups is 1. The Kier molecular flexibility index (Phi) is 3.88. The molecular formula is C11H15N5O. The van der Waals surface area contributed by atoms with Gasteiger partial charge in [0.25, 0.3) is 5.91 Å². The first kappa shape index (κ1) is 12.8. The molecule has 0 spiro atoms. The maximum Gasteiger partial charge on any atom is 0.270 e. The van der Waals surface area contributed by atoms with Crippen molar-refractivity contribution >= 4 is 11.7 Å². The van der Waals surface area contributed by atoms with Crippen LogP contribution in [0.3, 0.4) is 0 Å². The van der Waals surface area contributed by atoms with Gasteiger partial charge in [0, 0.05) is 39.0 Å². The Morgan fingerprint density at radius 1 is 1.65 bits per heavy atom. The molecule has 0 aliphatic rings. The van der Waals surface area contributed by atoms with Crippen molar-refractivity contribution in [1.82, 2.24) is 14.7 Å². The van der Waals surface area contributed by atoms with Crippen LogP contribution in [0.1, 0.15) is 5.69 Å². The summed E-state index contributed by atoms with van der Waals surface area (Å²) in [7, 11) is 5.06. The first-order valence-electron chi connectivity index (χ1n) is 5.04. The molecule has 90 valence electrons. The number of likely N-dealkylation sites (N-methyl/N-ethyl adjacent to an activating group) is 1. The lowest BCUT2D eigenvalue weighted by Gasteiger charge is -2.12. The summed E-state index contributed by atoms with van der Waals surface area (Å²) < 4.78 is 1.69. The van der Waals surface area contributed by atoms with Crippen LogP contribution in [0.25, 0.3) is 0 Å². The van der Waals surface area contributed by atoms with Crippen molar-refractivity contribution in [3.63, 3.8) is 0 Å². The molecule has 0 radical (unpaired) electrons. The minimum atomic E-state index is -0.269. The van der Waals surface area contributed by atoms with E-state index in [1.807, 2.05) is 20.0 Å².